The van der Waals surface area contributed by atoms with Crippen molar-refractivity contribution in [2.45, 2.75) is 12.8 Å². The van der Waals surface area contributed by atoms with Gasteiger partial charge < -0.3 is 10.5 Å². The highest BCUT2D eigenvalue weighted by molar-refractivity contribution is 5.73. The Morgan fingerprint density at radius 1 is 1.44 bits per heavy atom. The molecule has 1 aromatic rings. The van der Waals surface area contributed by atoms with Crippen LogP contribution in [0.15, 0.2) is 30.3 Å². The Labute approximate surface area is 93.9 Å². The van der Waals surface area contributed by atoms with Crippen LogP contribution in [0.5, 0.6) is 0 Å². The topological polar surface area (TPSA) is 76.4 Å². The molecule has 4 N–H and O–H groups in total. The molecule has 86 valence electrons. The lowest BCUT2D eigenvalue weighted by Gasteiger charge is -2.12. The summed E-state index contributed by atoms with van der Waals surface area (Å²) in [6.07, 6.45) is -0.372. The minimum absolute atomic E-state index is 0.270. The number of hydrogen-bond donors (Lipinski definition) is 3. The molecule has 2 atom stereocenters. The minimum Gasteiger partial charge on any atom is -0.460 e. The molecule has 1 heterocycles. The van der Waals surface area contributed by atoms with E-state index < -0.39 is 0 Å². The van der Waals surface area contributed by atoms with Gasteiger partial charge in [-0.3, -0.25) is 10.2 Å². The van der Waals surface area contributed by atoms with E-state index in [1.807, 2.05) is 30.3 Å². The third-order valence-electron chi connectivity index (χ3n) is 2.55. The van der Waals surface area contributed by atoms with Crippen molar-refractivity contribution in [1.29, 1.82) is 0 Å². The van der Waals surface area contributed by atoms with E-state index in [9.17, 15) is 4.79 Å². The van der Waals surface area contributed by atoms with Gasteiger partial charge in [-0.25, -0.2) is 5.43 Å². The highest BCUT2D eigenvalue weighted by Gasteiger charge is 2.31. The number of hydrazine groups is 1. The summed E-state index contributed by atoms with van der Waals surface area (Å²) in [5.41, 5.74) is 12.3. The quantitative estimate of drug-likeness (QED) is 0.613. The van der Waals surface area contributed by atoms with Crippen molar-refractivity contribution in [3.05, 3.63) is 35.9 Å². The first kappa shape index (κ1) is 11.1. The molecule has 2 rings (SSSR count). The summed E-state index contributed by atoms with van der Waals surface area (Å²) in [6.45, 7) is 0.803. The second kappa shape index (κ2) is 5.07. The molecular weight excluding hydrogens is 206 g/mol. The molecule has 0 aliphatic carbocycles. The minimum atomic E-state index is -0.372. The first-order chi connectivity index (χ1) is 7.77. The predicted molar refractivity (Wildman–Crippen MR) is 58.8 cm³/mol. The molecule has 0 spiro atoms. The van der Waals surface area contributed by atoms with Gasteiger partial charge in [-0.1, -0.05) is 30.3 Å². The van der Waals surface area contributed by atoms with Crippen LogP contribution in [-0.2, 0) is 16.1 Å². The Morgan fingerprint density at radius 3 is 2.81 bits per heavy atom. The summed E-state index contributed by atoms with van der Waals surface area (Å²) >= 11 is 0. The van der Waals surface area contributed by atoms with Gasteiger partial charge in [0.1, 0.15) is 12.5 Å². The number of nitrogens with two attached hydrogens (primary N) is 1. The zero-order valence-corrected chi connectivity index (χ0v) is 8.85. The number of rotatable bonds is 3. The molecule has 5 heteroatoms. The molecule has 0 saturated carbocycles. The van der Waals surface area contributed by atoms with Crippen LogP contribution < -0.4 is 16.6 Å². The largest absolute Gasteiger partial charge is 0.460 e. The molecule has 2 unspecified atom stereocenters. The third-order valence-corrected chi connectivity index (χ3v) is 2.55. The summed E-state index contributed by atoms with van der Waals surface area (Å²) in [5.74, 6) is -0.586. The van der Waals surface area contributed by atoms with Crippen LogP contribution in [0, 0.1) is 5.92 Å². The van der Waals surface area contributed by atoms with E-state index >= 15 is 0 Å². The molecule has 1 aromatic carbocycles. The standard InChI is InChI=1S/C11H15N3O2/c12-10-9(6-13-14-10)11(15)16-7-8-4-2-1-3-5-8/h1-5,9-10,13-14H,6-7,12H2. The van der Waals surface area contributed by atoms with E-state index in [1.165, 1.54) is 0 Å². The summed E-state index contributed by atoms with van der Waals surface area (Å²) in [6, 6.07) is 9.57. The Hall–Kier alpha value is -1.43. The van der Waals surface area contributed by atoms with Gasteiger partial charge in [0.2, 0.25) is 0 Å². The van der Waals surface area contributed by atoms with Crippen LogP contribution in [0.1, 0.15) is 5.56 Å². The fraction of sp³-hybridized carbons (Fsp3) is 0.364. The van der Waals surface area contributed by atoms with Crippen molar-refractivity contribution in [3.8, 4) is 0 Å². The maximum Gasteiger partial charge on any atom is 0.313 e. The van der Waals surface area contributed by atoms with Gasteiger partial charge in [-0.05, 0) is 5.56 Å². The van der Waals surface area contributed by atoms with Crippen LogP contribution in [0.2, 0.25) is 0 Å². The van der Waals surface area contributed by atoms with Crippen LogP contribution in [0.25, 0.3) is 0 Å². The van der Waals surface area contributed by atoms with Gasteiger partial charge in [-0.15, -0.1) is 0 Å². The Balaban J connectivity index is 1.84. The van der Waals surface area contributed by atoms with Crippen molar-refractivity contribution in [2.75, 3.05) is 6.54 Å². The van der Waals surface area contributed by atoms with E-state index in [1.54, 1.807) is 0 Å². The molecule has 1 aliphatic heterocycles. The molecule has 0 radical (unpaired) electrons. The summed E-state index contributed by atoms with van der Waals surface area (Å²) in [4.78, 5) is 11.6. The van der Waals surface area contributed by atoms with Gasteiger partial charge in [0.15, 0.2) is 0 Å². The number of carbonyl (C=O) groups is 1. The molecule has 0 amide bonds. The number of ether oxygens (including phenoxy) is 1. The summed E-state index contributed by atoms with van der Waals surface area (Å²) in [7, 11) is 0. The van der Waals surface area contributed by atoms with E-state index in [-0.39, 0.29) is 18.1 Å². The Bertz CT molecular complexity index is 356. The van der Waals surface area contributed by atoms with Crippen molar-refractivity contribution in [2.24, 2.45) is 11.7 Å². The lowest BCUT2D eigenvalue weighted by Crippen LogP contribution is -2.41. The average molecular weight is 221 g/mol. The second-order valence-corrected chi connectivity index (χ2v) is 3.75. The molecule has 1 fully saturated rings. The highest BCUT2D eigenvalue weighted by atomic mass is 16.5. The SMILES string of the molecule is NC1NNCC1C(=O)OCc1ccccc1. The summed E-state index contributed by atoms with van der Waals surface area (Å²) < 4.78 is 5.18. The summed E-state index contributed by atoms with van der Waals surface area (Å²) in [5, 5.41) is 0. The van der Waals surface area contributed by atoms with Gasteiger partial charge in [0.25, 0.3) is 0 Å². The first-order valence-electron chi connectivity index (χ1n) is 5.22. The molecule has 0 bridgehead atoms. The monoisotopic (exact) mass is 221 g/mol. The number of esters is 1. The molecular formula is C11H15N3O2. The predicted octanol–water partition coefficient (Wildman–Crippen LogP) is -0.261. The molecule has 1 saturated heterocycles. The number of nitrogens with one attached hydrogen (secondary N) is 2. The molecule has 5 nitrogen and oxygen atoms in total. The normalized spacial score (nSPS) is 24.3. The van der Waals surface area contributed by atoms with Gasteiger partial charge >= 0.3 is 5.97 Å². The zero-order chi connectivity index (χ0) is 11.4. The van der Waals surface area contributed by atoms with E-state index in [4.69, 9.17) is 10.5 Å². The molecule has 0 aromatic heterocycles. The highest BCUT2D eigenvalue weighted by Crippen LogP contribution is 2.08. The van der Waals surface area contributed by atoms with Crippen LogP contribution >= 0.6 is 0 Å². The van der Waals surface area contributed by atoms with Crippen molar-refractivity contribution < 1.29 is 9.53 Å². The van der Waals surface area contributed by atoms with E-state index in [2.05, 4.69) is 10.9 Å². The number of hydrogen-bond acceptors (Lipinski definition) is 5. The average Bonchev–Trinajstić information content (AvgIpc) is 2.74. The van der Waals surface area contributed by atoms with Crippen LogP contribution in [0.3, 0.4) is 0 Å². The lowest BCUT2D eigenvalue weighted by atomic mass is 10.1. The van der Waals surface area contributed by atoms with E-state index in [0.717, 1.165) is 5.56 Å². The third kappa shape index (κ3) is 2.57. The number of carbonyl (C=O) groups excluding carboxylic acids is 1. The Kier molecular flexibility index (Phi) is 3.51. The first-order valence-corrected chi connectivity index (χ1v) is 5.22. The van der Waals surface area contributed by atoms with Crippen molar-refractivity contribution in [3.63, 3.8) is 0 Å². The fourth-order valence-corrected chi connectivity index (χ4v) is 1.58. The molecule has 1 aliphatic rings. The van der Waals surface area contributed by atoms with Gasteiger partial charge in [0, 0.05) is 6.54 Å². The number of benzene rings is 1. The van der Waals surface area contributed by atoms with Gasteiger partial charge in [-0.2, -0.15) is 0 Å². The maximum absolute atomic E-state index is 11.6. The van der Waals surface area contributed by atoms with E-state index in [0.29, 0.717) is 13.2 Å². The maximum atomic E-state index is 11.6. The van der Waals surface area contributed by atoms with Crippen LogP contribution in [-0.4, -0.2) is 18.7 Å². The zero-order valence-electron chi connectivity index (χ0n) is 8.85. The fourth-order valence-electron chi connectivity index (χ4n) is 1.58. The smallest absolute Gasteiger partial charge is 0.313 e. The Morgan fingerprint density at radius 2 is 2.19 bits per heavy atom. The molecule has 16 heavy (non-hydrogen) atoms. The second-order valence-electron chi connectivity index (χ2n) is 3.75. The van der Waals surface area contributed by atoms with Gasteiger partial charge in [0.05, 0.1) is 6.17 Å². The van der Waals surface area contributed by atoms with Crippen molar-refractivity contribution in [1.82, 2.24) is 10.9 Å². The van der Waals surface area contributed by atoms with Crippen LogP contribution in [0.4, 0.5) is 0 Å². The van der Waals surface area contributed by atoms with Crippen molar-refractivity contribution >= 4 is 5.97 Å². The lowest BCUT2D eigenvalue weighted by molar-refractivity contribution is -0.149.